The van der Waals surface area contributed by atoms with Gasteiger partial charge in [0.2, 0.25) is 5.95 Å². The number of nitrogens with one attached hydrogen (secondary N) is 1. The maximum atomic E-state index is 13.1. The van der Waals surface area contributed by atoms with Crippen molar-refractivity contribution in [3.8, 4) is 0 Å². The summed E-state index contributed by atoms with van der Waals surface area (Å²) < 4.78 is 1.26. The third-order valence-corrected chi connectivity index (χ3v) is 4.59. The molecule has 0 radical (unpaired) electrons. The first-order chi connectivity index (χ1) is 13.3. The van der Waals surface area contributed by atoms with E-state index in [1.807, 2.05) is 27.7 Å². The lowest BCUT2D eigenvalue weighted by Crippen LogP contribution is -2.43. The number of amides is 1. The standard InChI is InChI=1S/C19H25N7O2/c1-11(2)15-14(20)13(10-23-12(3)4)16(27)26(25-15)19(6-7-19)17(28)24-18-21-8-5-9-22-18/h5,8-12H,6-7,20H2,1-4H3,(H,21,22,24,28). The van der Waals surface area contributed by atoms with E-state index in [0.29, 0.717) is 24.2 Å². The first kappa shape index (κ1) is 19.7. The minimum atomic E-state index is -1.06. The second-order valence-electron chi connectivity index (χ2n) is 7.51. The molecule has 0 aromatic carbocycles. The van der Waals surface area contributed by atoms with Crippen molar-refractivity contribution in [2.24, 2.45) is 4.99 Å². The molecule has 1 saturated carbocycles. The Bertz CT molecular complexity index is 960. The molecule has 3 rings (SSSR count). The zero-order chi connectivity index (χ0) is 20.5. The van der Waals surface area contributed by atoms with Crippen LogP contribution in [0.5, 0.6) is 0 Å². The second kappa shape index (κ2) is 7.49. The molecule has 0 saturated heterocycles. The third-order valence-electron chi connectivity index (χ3n) is 4.59. The lowest BCUT2D eigenvalue weighted by molar-refractivity contribution is -0.121. The largest absolute Gasteiger partial charge is 0.396 e. The number of aliphatic imine (C=N–C) groups is 1. The predicted molar refractivity (Wildman–Crippen MR) is 108 cm³/mol. The van der Waals surface area contributed by atoms with Crippen LogP contribution >= 0.6 is 0 Å². The Morgan fingerprint density at radius 3 is 2.46 bits per heavy atom. The third kappa shape index (κ3) is 3.64. The summed E-state index contributed by atoms with van der Waals surface area (Å²) in [7, 11) is 0. The van der Waals surface area contributed by atoms with E-state index in [2.05, 4.69) is 25.4 Å². The molecule has 0 aliphatic heterocycles. The van der Waals surface area contributed by atoms with Crippen molar-refractivity contribution < 1.29 is 4.79 Å². The van der Waals surface area contributed by atoms with Crippen LogP contribution in [0.1, 0.15) is 57.7 Å². The van der Waals surface area contributed by atoms with Gasteiger partial charge in [-0.1, -0.05) is 13.8 Å². The van der Waals surface area contributed by atoms with Crippen molar-refractivity contribution in [3.63, 3.8) is 0 Å². The monoisotopic (exact) mass is 383 g/mol. The zero-order valence-corrected chi connectivity index (χ0v) is 16.5. The van der Waals surface area contributed by atoms with Gasteiger partial charge in [-0.2, -0.15) is 5.10 Å². The normalized spacial score (nSPS) is 15.4. The minimum Gasteiger partial charge on any atom is -0.396 e. The SMILES string of the molecule is CC(C)N=Cc1c(N)c(C(C)C)nn(C2(C(=O)Nc3ncccn3)CC2)c1=O. The number of anilines is 2. The van der Waals surface area contributed by atoms with Crippen LogP contribution in [0.4, 0.5) is 11.6 Å². The van der Waals surface area contributed by atoms with Gasteiger partial charge in [-0.3, -0.25) is 19.9 Å². The van der Waals surface area contributed by atoms with Gasteiger partial charge in [-0.05, 0) is 38.7 Å². The Hall–Kier alpha value is -3.10. The van der Waals surface area contributed by atoms with Gasteiger partial charge in [0.1, 0.15) is 5.54 Å². The topological polar surface area (TPSA) is 128 Å². The lowest BCUT2D eigenvalue weighted by Gasteiger charge is -2.20. The summed E-state index contributed by atoms with van der Waals surface area (Å²) in [5.41, 5.74) is 5.88. The molecule has 9 nitrogen and oxygen atoms in total. The summed E-state index contributed by atoms with van der Waals surface area (Å²) in [4.78, 5) is 38.4. The Balaban J connectivity index is 2.08. The molecule has 1 aliphatic rings. The van der Waals surface area contributed by atoms with Crippen LogP contribution in [-0.2, 0) is 10.3 Å². The van der Waals surface area contributed by atoms with E-state index in [4.69, 9.17) is 5.73 Å². The molecule has 0 atom stereocenters. The molecule has 1 amide bonds. The van der Waals surface area contributed by atoms with E-state index >= 15 is 0 Å². The summed E-state index contributed by atoms with van der Waals surface area (Å²) in [5.74, 6) is -0.193. The molecular formula is C19H25N7O2. The van der Waals surface area contributed by atoms with Crippen molar-refractivity contribution in [1.29, 1.82) is 0 Å². The van der Waals surface area contributed by atoms with Crippen molar-refractivity contribution in [3.05, 3.63) is 40.1 Å². The van der Waals surface area contributed by atoms with Crippen molar-refractivity contribution >= 4 is 23.8 Å². The fourth-order valence-electron chi connectivity index (χ4n) is 2.87. The minimum absolute atomic E-state index is 0.0105. The maximum Gasteiger partial charge on any atom is 0.278 e. The second-order valence-corrected chi connectivity index (χ2v) is 7.51. The first-order valence-corrected chi connectivity index (χ1v) is 9.31. The van der Waals surface area contributed by atoms with Crippen molar-refractivity contribution in [2.75, 3.05) is 11.1 Å². The average molecular weight is 383 g/mol. The van der Waals surface area contributed by atoms with Gasteiger partial charge in [0, 0.05) is 24.7 Å². The highest BCUT2D eigenvalue weighted by atomic mass is 16.2. The highest BCUT2D eigenvalue weighted by Gasteiger charge is 2.54. The molecule has 1 fully saturated rings. The van der Waals surface area contributed by atoms with Gasteiger partial charge in [-0.15, -0.1) is 0 Å². The van der Waals surface area contributed by atoms with Crippen LogP contribution in [0.3, 0.4) is 0 Å². The molecule has 3 N–H and O–H groups in total. The first-order valence-electron chi connectivity index (χ1n) is 9.31. The van der Waals surface area contributed by atoms with E-state index in [1.54, 1.807) is 6.07 Å². The molecule has 148 valence electrons. The van der Waals surface area contributed by atoms with Crippen LogP contribution in [0.15, 0.2) is 28.2 Å². The summed E-state index contributed by atoms with van der Waals surface area (Å²) in [5, 5.41) is 7.15. The van der Waals surface area contributed by atoms with Gasteiger partial charge < -0.3 is 5.73 Å². The summed E-state index contributed by atoms with van der Waals surface area (Å²) in [6.45, 7) is 7.69. The number of nitrogens with zero attached hydrogens (tertiary/aromatic N) is 5. The molecule has 9 heteroatoms. The molecule has 28 heavy (non-hydrogen) atoms. The Morgan fingerprint density at radius 2 is 1.93 bits per heavy atom. The van der Waals surface area contributed by atoms with Crippen LogP contribution in [-0.4, -0.2) is 37.9 Å². The quantitative estimate of drug-likeness (QED) is 0.731. The molecular weight excluding hydrogens is 358 g/mol. The number of nitrogens with two attached hydrogens (primary N) is 1. The molecule has 2 aromatic rings. The average Bonchev–Trinajstić information content (AvgIpc) is 3.44. The molecule has 2 aromatic heterocycles. The van der Waals surface area contributed by atoms with Crippen LogP contribution in [0, 0.1) is 0 Å². The number of aromatic nitrogens is 4. The van der Waals surface area contributed by atoms with Gasteiger partial charge >= 0.3 is 0 Å². The molecule has 1 aliphatic carbocycles. The molecule has 2 heterocycles. The zero-order valence-electron chi connectivity index (χ0n) is 16.5. The van der Waals surface area contributed by atoms with E-state index in [1.165, 1.54) is 23.3 Å². The lowest BCUT2D eigenvalue weighted by atomic mass is 10.1. The Labute approximate surface area is 163 Å². The number of nitrogen functional groups attached to an aromatic ring is 1. The summed E-state index contributed by atoms with van der Waals surface area (Å²) in [6.07, 6.45) is 5.56. The smallest absolute Gasteiger partial charge is 0.278 e. The van der Waals surface area contributed by atoms with Gasteiger partial charge in [0.15, 0.2) is 0 Å². The summed E-state index contributed by atoms with van der Waals surface area (Å²) in [6, 6.07) is 1.67. The highest BCUT2D eigenvalue weighted by Crippen LogP contribution is 2.43. The van der Waals surface area contributed by atoms with E-state index in [9.17, 15) is 9.59 Å². The van der Waals surface area contributed by atoms with Crippen molar-refractivity contribution in [2.45, 2.75) is 58.0 Å². The van der Waals surface area contributed by atoms with E-state index in [0.717, 1.165) is 0 Å². The van der Waals surface area contributed by atoms with E-state index in [-0.39, 0.29) is 29.4 Å². The van der Waals surface area contributed by atoms with Crippen LogP contribution in [0.25, 0.3) is 0 Å². The van der Waals surface area contributed by atoms with Crippen LogP contribution < -0.4 is 16.6 Å². The number of rotatable bonds is 6. The predicted octanol–water partition coefficient (Wildman–Crippen LogP) is 1.69. The number of hydrogen-bond acceptors (Lipinski definition) is 7. The Morgan fingerprint density at radius 1 is 1.29 bits per heavy atom. The molecule has 0 unspecified atom stereocenters. The Kier molecular flexibility index (Phi) is 5.26. The summed E-state index contributed by atoms with van der Waals surface area (Å²) >= 11 is 0. The number of hydrogen-bond donors (Lipinski definition) is 2. The highest BCUT2D eigenvalue weighted by molar-refractivity contribution is 5.97. The van der Waals surface area contributed by atoms with Gasteiger partial charge in [0.05, 0.1) is 16.9 Å². The molecule has 0 spiro atoms. The van der Waals surface area contributed by atoms with E-state index < -0.39 is 11.1 Å². The molecule has 0 bridgehead atoms. The van der Waals surface area contributed by atoms with Gasteiger partial charge in [-0.25, -0.2) is 14.6 Å². The van der Waals surface area contributed by atoms with Gasteiger partial charge in [0.25, 0.3) is 11.5 Å². The fourth-order valence-corrected chi connectivity index (χ4v) is 2.87. The van der Waals surface area contributed by atoms with Crippen LogP contribution in [0.2, 0.25) is 0 Å². The van der Waals surface area contributed by atoms with Crippen molar-refractivity contribution in [1.82, 2.24) is 19.7 Å². The maximum absolute atomic E-state index is 13.1. The number of carbonyl (C=O) groups is 1. The fraction of sp³-hybridized carbons (Fsp3) is 0.474. The number of carbonyl (C=O) groups excluding carboxylic acids is 1.